The molecule has 6 aromatic carbocycles. The molecule has 0 saturated carbocycles. The molecule has 0 aliphatic rings. The maximum Gasteiger partial charge on any atom is 0.155 e. The van der Waals surface area contributed by atoms with Crippen LogP contribution in [0.2, 0.25) is 0 Å². The van der Waals surface area contributed by atoms with E-state index in [2.05, 4.69) is 66.3 Å². The van der Waals surface area contributed by atoms with Crippen molar-refractivity contribution in [2.24, 2.45) is 0 Å². The second-order valence-corrected chi connectivity index (χ2v) is 28.3. The van der Waals surface area contributed by atoms with Gasteiger partial charge in [-0.1, -0.05) is 82.8 Å². The van der Waals surface area contributed by atoms with E-state index in [1.165, 1.54) is 99.6 Å². The monoisotopic (exact) mass is 2930 g/mol. The second-order valence-electron chi connectivity index (χ2n) is 28.3. The Morgan fingerprint density at radius 3 is 0.887 bits per heavy atom. The molecule has 0 bridgehead atoms. The first-order chi connectivity index (χ1) is 64.8. The molecule has 142 heavy (non-hydrogen) atoms. The minimum atomic E-state index is -0.125. The van der Waals surface area contributed by atoms with Crippen LogP contribution < -0.4 is 61.7 Å². The predicted octanol–water partition coefficient (Wildman–Crippen LogP) is 21.2. The van der Waals surface area contributed by atoms with Gasteiger partial charge in [-0.25, -0.2) is 0 Å². The van der Waals surface area contributed by atoms with E-state index >= 15 is 0 Å². The summed E-state index contributed by atoms with van der Waals surface area (Å²) in [6.45, 7) is 18.3. The van der Waals surface area contributed by atoms with Gasteiger partial charge in [-0.05, 0) is 165 Å². The zero-order valence-corrected chi connectivity index (χ0v) is 96.7. The Morgan fingerprint density at radius 2 is 0.577 bits per heavy atom. The third-order valence-electron chi connectivity index (χ3n) is 16.7. The molecule has 5 N–H and O–H groups in total. The normalized spacial score (nSPS) is 9.92. The number of hydrogen-bond acceptors (Lipinski definition) is 29. The van der Waals surface area contributed by atoms with E-state index < -0.39 is 0 Å². The summed E-state index contributed by atoms with van der Waals surface area (Å²) in [5.74, 6) is 8.58. The molecule has 0 atom stereocenters. The number of allylic oxidation sites excluding steroid dienone is 10. The first-order valence-corrected chi connectivity index (χ1v) is 41.3. The van der Waals surface area contributed by atoms with Gasteiger partial charge < -0.3 is 117 Å². The van der Waals surface area contributed by atoms with Gasteiger partial charge in [0, 0.05) is 264 Å². The smallest absolute Gasteiger partial charge is 0.155 e. The van der Waals surface area contributed by atoms with Crippen LogP contribution in [0, 0.1) is 50.2 Å². The van der Waals surface area contributed by atoms with Crippen molar-refractivity contribution in [3.63, 3.8) is 0 Å². The number of ether oxygens (including phenoxy) is 12. The first-order valence-electron chi connectivity index (χ1n) is 41.3. The molecule has 6 heterocycles. The molecule has 12 rings (SSSR count). The largest absolute Gasteiger partial charge is 0.540 e. The maximum absolute atomic E-state index is 10.0. The van der Waals surface area contributed by atoms with Crippen molar-refractivity contribution in [3.8, 4) is 137 Å². The number of aromatic nitrogens is 6. The molecule has 12 aromatic rings. The summed E-state index contributed by atoms with van der Waals surface area (Å²) in [5, 5.41) is 41.8. The fourth-order valence-corrected chi connectivity index (χ4v) is 10.8. The summed E-state index contributed by atoms with van der Waals surface area (Å²) in [6, 6.07) is 69.3. The number of carbonyl (C=O) groups excluding carboxylic acids is 5. The van der Waals surface area contributed by atoms with E-state index in [1.807, 2.05) is 166 Å². The molecule has 0 unspecified atom stereocenters. The molecule has 0 fully saturated rings. The number of hydrogen-bond donors (Lipinski definition) is 5. The summed E-state index contributed by atoms with van der Waals surface area (Å²) in [6.07, 6.45) is 16.3. The Morgan fingerprint density at radius 1 is 0.275 bits per heavy atom. The third-order valence-corrected chi connectivity index (χ3v) is 16.7. The number of aliphatic hydroxyl groups excluding tert-OH is 5. The molecule has 35 heteroatoms. The standard InChI is InChI=1S/C15H17N2O2.2C14H14NO2.3C13H12NO2.5C5H8O2.5Pt.Rh/c1-17(2)11-7-8-16-14(9-11)13-6-5-12(18-3)10-15(13)19-4;1-10-6-7-15-13(8-10)12-5-4-11(16-2)9-14(12)17-3;1-10-4-5-12(14(8-10)17-3)13-9-11(16-2)6-7-15-13;1-15-11-5-3-10(4-6-11)13-9-12(16-2)7-8-14-13;1-15-10-6-7-11(13(9-10)16-2)12-5-3-4-8-14-12;1-15-10-7-8-14-12(9-10)11-5-3-4-6-13(11)16-2;5*1-4(6)3-5(2)7;;;;;;/h5,7-10H,1-4H3;2*4,6-9H,1-3H3;3,5-9H,1-2H3;3-6,8-9H,1-2H3;3-4,6-9H,1-2H3;5*3,6H,1-2H3;;;;;;/q6*-1;;;;;;;;;;;. The van der Waals surface area contributed by atoms with Gasteiger partial charge in [-0.2, -0.15) is 0 Å². The molecular formula is C107H121N7O22Pt5Rh-6. The third kappa shape index (κ3) is 56.4. The van der Waals surface area contributed by atoms with Crippen LogP contribution in [0.1, 0.15) is 80.4 Å². The van der Waals surface area contributed by atoms with Gasteiger partial charge in [0.05, 0.1) is 114 Å². The molecule has 0 spiro atoms. The summed E-state index contributed by atoms with van der Waals surface area (Å²) < 4.78 is 62.6. The van der Waals surface area contributed by atoms with Crippen LogP contribution in [0.25, 0.3) is 67.5 Å². The number of ketones is 5. The minimum Gasteiger partial charge on any atom is -0.540 e. The molecule has 0 amide bonds. The zero-order valence-electron chi connectivity index (χ0n) is 83.7. The maximum atomic E-state index is 10.0. The summed E-state index contributed by atoms with van der Waals surface area (Å²) in [4.78, 5) is 77.9. The molecular weight excluding hydrogens is 2810 g/mol. The summed E-state index contributed by atoms with van der Waals surface area (Å²) in [5.41, 5.74) is 13.4. The molecule has 0 aliphatic heterocycles. The van der Waals surface area contributed by atoms with Crippen molar-refractivity contribution < 1.29 is 231 Å². The van der Waals surface area contributed by atoms with Crippen molar-refractivity contribution in [3.05, 3.63) is 308 Å². The van der Waals surface area contributed by atoms with Gasteiger partial charge >= 0.3 is 0 Å². The number of nitrogens with zero attached hydrogens (tertiary/aromatic N) is 7. The average Bonchev–Trinajstić information content (AvgIpc) is 0.834. The van der Waals surface area contributed by atoms with E-state index in [0.29, 0.717) is 23.0 Å². The van der Waals surface area contributed by atoms with E-state index in [4.69, 9.17) is 82.4 Å². The van der Waals surface area contributed by atoms with Crippen LogP contribution in [0.3, 0.4) is 0 Å². The molecule has 781 valence electrons. The van der Waals surface area contributed by atoms with Gasteiger partial charge in [0.2, 0.25) is 0 Å². The van der Waals surface area contributed by atoms with Crippen LogP contribution in [-0.2, 0) is 149 Å². The van der Waals surface area contributed by atoms with Crippen molar-refractivity contribution in [2.45, 2.75) is 83.1 Å². The molecule has 0 saturated heterocycles. The predicted molar refractivity (Wildman–Crippen MR) is 529 cm³/mol. The van der Waals surface area contributed by atoms with E-state index in [1.54, 1.807) is 153 Å². The SMILES string of the molecule is CC(=O)C=C(C)O.CC(=O)C=C(C)O.CC(=O)C=C(C)O.CC(=O)C=C(C)O.CC(=O)C=C(C)O.COc1c[c-]c(-c2cc(C)ccn2)c(OC)c1.COc1c[c-]c(-c2cc(N(C)C)ccn2)c(OC)c1.COc1c[c-]c(-c2cc(OC)ccn2)cc1.COc1c[c-]c(-c2ccccn2)c(OC)c1.COc1ccnc(-c2[c-]cc(C)cc2OC)c1.COc1ccnc(-c2[c-]cccc2OC)c1.[Pt].[Pt].[Pt].[Pt].[Pt].[Rh]. The van der Waals surface area contributed by atoms with Crippen molar-refractivity contribution >= 4 is 34.6 Å². The van der Waals surface area contributed by atoms with Gasteiger partial charge in [-0.15, -0.1) is 114 Å². The van der Waals surface area contributed by atoms with Crippen LogP contribution in [0.4, 0.5) is 5.69 Å². The Kier molecular flexibility index (Phi) is 76.2. The number of aryl methyl sites for hydroxylation is 2. The zero-order chi connectivity index (χ0) is 102. The number of anilines is 1. The number of aliphatic hydroxyl groups is 5. The Balaban J connectivity index is -0.000000492. The van der Waals surface area contributed by atoms with Crippen LogP contribution in [0.5, 0.6) is 69.0 Å². The van der Waals surface area contributed by atoms with E-state index in [-0.39, 0.29) is 183 Å². The Labute approximate surface area is 919 Å². The Hall–Kier alpha value is -12.3. The topological polar surface area (TPSA) is 378 Å². The van der Waals surface area contributed by atoms with E-state index in [9.17, 15) is 24.0 Å². The van der Waals surface area contributed by atoms with Crippen LogP contribution in [-0.4, -0.2) is 184 Å². The van der Waals surface area contributed by atoms with Gasteiger partial charge in [0.1, 0.15) is 17.2 Å². The van der Waals surface area contributed by atoms with Crippen molar-refractivity contribution in [1.82, 2.24) is 29.9 Å². The first kappa shape index (κ1) is 138. The quantitative estimate of drug-likeness (QED) is 0.0162. The van der Waals surface area contributed by atoms with Crippen molar-refractivity contribution in [2.75, 3.05) is 104 Å². The fraction of sp³-hybridized carbons (Fsp3) is 0.243. The van der Waals surface area contributed by atoms with E-state index in [0.717, 1.165) is 130 Å². The number of rotatable bonds is 24. The summed E-state index contributed by atoms with van der Waals surface area (Å²) in [7, 11) is 23.5. The van der Waals surface area contributed by atoms with Crippen LogP contribution in [0.15, 0.2) is 260 Å². The number of methoxy groups -OCH3 is 12. The van der Waals surface area contributed by atoms with Gasteiger partial charge in [0.25, 0.3) is 0 Å². The minimum absolute atomic E-state index is 0. The van der Waals surface area contributed by atoms with Gasteiger partial charge in [-0.3, -0.25) is 24.0 Å². The second kappa shape index (κ2) is 78.3. The number of carbonyl (C=O) groups is 5. The van der Waals surface area contributed by atoms with Crippen LogP contribution >= 0.6 is 0 Å². The molecule has 1 radical (unpaired) electrons. The summed E-state index contributed by atoms with van der Waals surface area (Å²) >= 11 is 0. The molecule has 0 aliphatic carbocycles. The van der Waals surface area contributed by atoms with Gasteiger partial charge in [0.15, 0.2) is 28.9 Å². The molecule has 29 nitrogen and oxygen atoms in total. The number of benzene rings is 6. The fourth-order valence-electron chi connectivity index (χ4n) is 10.8. The Bertz CT molecular complexity index is 5710. The van der Waals surface area contributed by atoms with Crippen molar-refractivity contribution in [1.29, 1.82) is 0 Å². The average molecular weight is 2940 g/mol. The molecule has 6 aromatic heterocycles. The number of pyridine rings is 6.